The van der Waals surface area contributed by atoms with Crippen LogP contribution in [-0.4, -0.2) is 5.78 Å². The zero-order chi connectivity index (χ0) is 13.1. The molecule has 0 N–H and O–H groups in total. The summed E-state index contributed by atoms with van der Waals surface area (Å²) in [6.45, 7) is 2.08. The van der Waals surface area contributed by atoms with E-state index in [0.29, 0.717) is 18.4 Å². The first-order valence-corrected chi connectivity index (χ1v) is 6.34. The van der Waals surface area contributed by atoms with Gasteiger partial charge in [0.15, 0.2) is 5.78 Å². The van der Waals surface area contributed by atoms with Gasteiger partial charge in [-0.1, -0.05) is 18.9 Å². The van der Waals surface area contributed by atoms with Gasteiger partial charge in [0.2, 0.25) is 0 Å². The van der Waals surface area contributed by atoms with E-state index in [0.717, 1.165) is 30.9 Å². The maximum Gasteiger partial charge on any atom is 0.163 e. The Labute approximate surface area is 106 Å². The van der Waals surface area contributed by atoms with Gasteiger partial charge >= 0.3 is 0 Å². The van der Waals surface area contributed by atoms with Gasteiger partial charge in [-0.15, -0.1) is 0 Å². The van der Waals surface area contributed by atoms with Crippen molar-refractivity contribution < 1.29 is 13.6 Å². The molecule has 96 valence electrons. The van der Waals surface area contributed by atoms with Crippen molar-refractivity contribution in [1.29, 1.82) is 0 Å². The Morgan fingerprint density at radius 2 is 2.00 bits per heavy atom. The monoisotopic (exact) mass is 250 g/mol. The molecule has 3 heteroatoms. The van der Waals surface area contributed by atoms with E-state index < -0.39 is 11.6 Å². The van der Waals surface area contributed by atoms with Gasteiger partial charge in [0.1, 0.15) is 11.6 Å². The molecule has 0 saturated carbocycles. The molecule has 0 saturated heterocycles. The number of ketones is 1. The summed E-state index contributed by atoms with van der Waals surface area (Å²) in [4.78, 5) is 11.9. The van der Waals surface area contributed by atoms with Crippen LogP contribution in [0.1, 0.15) is 44.6 Å². The number of carbonyl (C=O) groups excluding carboxylic acids is 1. The van der Waals surface area contributed by atoms with Gasteiger partial charge in [-0.05, 0) is 31.4 Å². The predicted molar refractivity (Wildman–Crippen MR) is 67.0 cm³/mol. The summed E-state index contributed by atoms with van der Waals surface area (Å²) in [5.74, 6) is -1.28. The third-order valence-corrected chi connectivity index (χ3v) is 3.32. The first-order chi connectivity index (χ1) is 8.63. The van der Waals surface area contributed by atoms with Gasteiger partial charge in [0.05, 0.1) is 0 Å². The van der Waals surface area contributed by atoms with E-state index in [2.05, 4.69) is 6.92 Å². The van der Waals surface area contributed by atoms with Crippen LogP contribution in [0.4, 0.5) is 8.78 Å². The second-order valence-corrected chi connectivity index (χ2v) is 4.63. The van der Waals surface area contributed by atoms with E-state index >= 15 is 0 Å². The van der Waals surface area contributed by atoms with Crippen LogP contribution in [0, 0.1) is 11.6 Å². The maximum absolute atomic E-state index is 13.7. The minimum absolute atomic E-state index is 0.0217. The van der Waals surface area contributed by atoms with Crippen LogP contribution in [0.25, 0.3) is 5.57 Å². The molecule has 0 fully saturated rings. The molecule has 0 atom stereocenters. The maximum atomic E-state index is 13.7. The van der Waals surface area contributed by atoms with Crippen LogP contribution in [0.3, 0.4) is 0 Å². The quantitative estimate of drug-likeness (QED) is 0.779. The third kappa shape index (κ3) is 2.50. The predicted octanol–water partition coefficient (Wildman–Crippen LogP) is 4.27. The van der Waals surface area contributed by atoms with Crippen molar-refractivity contribution >= 4 is 11.4 Å². The summed E-state index contributed by atoms with van der Waals surface area (Å²) in [7, 11) is 0. The molecule has 1 nitrogen and oxygen atoms in total. The molecule has 0 radical (unpaired) electrons. The molecule has 0 spiro atoms. The molecular formula is C15H16F2O. The lowest BCUT2D eigenvalue weighted by molar-refractivity contribution is -0.113. The number of Topliss-reactive ketones (excluding diaryl/α,β-unsaturated/α-hetero) is 1. The molecular weight excluding hydrogens is 234 g/mol. The Morgan fingerprint density at radius 3 is 2.67 bits per heavy atom. The van der Waals surface area contributed by atoms with E-state index in [4.69, 9.17) is 0 Å². The lowest BCUT2D eigenvalue weighted by atomic mass is 9.98. The highest BCUT2D eigenvalue weighted by atomic mass is 19.1. The van der Waals surface area contributed by atoms with Crippen molar-refractivity contribution in [2.24, 2.45) is 0 Å². The molecule has 1 aromatic rings. The second-order valence-electron chi connectivity index (χ2n) is 4.63. The van der Waals surface area contributed by atoms with Gasteiger partial charge in [0, 0.05) is 23.6 Å². The molecule has 18 heavy (non-hydrogen) atoms. The average Bonchev–Trinajstić information content (AvgIpc) is 2.68. The van der Waals surface area contributed by atoms with Gasteiger partial charge in [-0.3, -0.25) is 4.79 Å². The van der Waals surface area contributed by atoms with Crippen molar-refractivity contribution in [2.45, 2.75) is 39.0 Å². The Bertz CT molecular complexity index is 503. The summed E-state index contributed by atoms with van der Waals surface area (Å²) in [6, 6.07) is 3.41. The zero-order valence-corrected chi connectivity index (χ0v) is 10.4. The molecule has 1 aliphatic rings. The fourth-order valence-corrected chi connectivity index (χ4v) is 2.38. The Balaban J connectivity index is 2.41. The number of carbonyl (C=O) groups is 1. The minimum atomic E-state index is -0.644. The van der Waals surface area contributed by atoms with Gasteiger partial charge in [-0.25, -0.2) is 8.78 Å². The number of benzene rings is 1. The van der Waals surface area contributed by atoms with Crippen molar-refractivity contribution in [3.05, 3.63) is 41.0 Å². The highest BCUT2D eigenvalue weighted by Gasteiger charge is 2.25. The summed E-state index contributed by atoms with van der Waals surface area (Å²) >= 11 is 0. The lowest BCUT2D eigenvalue weighted by Crippen LogP contribution is -1.99. The van der Waals surface area contributed by atoms with Crippen molar-refractivity contribution in [3.8, 4) is 0 Å². The summed E-state index contributed by atoms with van der Waals surface area (Å²) < 4.78 is 26.6. The molecule has 0 bridgehead atoms. The zero-order valence-electron chi connectivity index (χ0n) is 10.4. The topological polar surface area (TPSA) is 17.1 Å². The van der Waals surface area contributed by atoms with E-state index in [1.807, 2.05) is 0 Å². The summed E-state index contributed by atoms with van der Waals surface area (Å²) in [6.07, 6.45) is 4.02. The van der Waals surface area contributed by atoms with Crippen molar-refractivity contribution in [3.63, 3.8) is 0 Å². The highest BCUT2D eigenvalue weighted by molar-refractivity contribution is 6.23. The fraction of sp³-hybridized carbons (Fsp3) is 0.400. The Morgan fingerprint density at radius 1 is 1.22 bits per heavy atom. The molecule has 1 aromatic carbocycles. The van der Waals surface area contributed by atoms with E-state index in [-0.39, 0.29) is 11.3 Å². The first kappa shape index (κ1) is 12.9. The van der Waals surface area contributed by atoms with Crippen molar-refractivity contribution in [1.82, 2.24) is 0 Å². The number of hydrogen-bond acceptors (Lipinski definition) is 1. The molecule has 0 unspecified atom stereocenters. The highest BCUT2D eigenvalue weighted by Crippen LogP contribution is 2.35. The first-order valence-electron chi connectivity index (χ1n) is 6.34. The second kappa shape index (κ2) is 5.42. The molecule has 1 aliphatic carbocycles. The van der Waals surface area contributed by atoms with Crippen LogP contribution in [0.2, 0.25) is 0 Å². The molecule has 0 aromatic heterocycles. The van der Waals surface area contributed by atoms with Crippen LogP contribution in [0.15, 0.2) is 23.8 Å². The number of rotatable bonds is 4. The SMILES string of the molecule is CCCCC1=C(c2ccc(F)cc2F)C(=O)CC1. The van der Waals surface area contributed by atoms with Crippen LogP contribution < -0.4 is 0 Å². The number of allylic oxidation sites excluding steroid dienone is 2. The summed E-state index contributed by atoms with van der Waals surface area (Å²) in [5.41, 5.74) is 1.76. The van der Waals surface area contributed by atoms with Gasteiger partial charge in [0.25, 0.3) is 0 Å². The van der Waals surface area contributed by atoms with Crippen LogP contribution in [0.5, 0.6) is 0 Å². The molecule has 0 aliphatic heterocycles. The Kier molecular flexibility index (Phi) is 3.90. The third-order valence-electron chi connectivity index (χ3n) is 3.32. The lowest BCUT2D eigenvalue weighted by Gasteiger charge is -2.07. The number of halogens is 2. The molecule has 0 heterocycles. The van der Waals surface area contributed by atoms with Gasteiger partial charge in [-0.2, -0.15) is 0 Å². The smallest absolute Gasteiger partial charge is 0.163 e. The average molecular weight is 250 g/mol. The van der Waals surface area contributed by atoms with Crippen LogP contribution in [-0.2, 0) is 4.79 Å². The fourth-order valence-electron chi connectivity index (χ4n) is 2.38. The Hall–Kier alpha value is -1.51. The normalized spacial score (nSPS) is 15.6. The van der Waals surface area contributed by atoms with E-state index in [9.17, 15) is 13.6 Å². The van der Waals surface area contributed by atoms with Gasteiger partial charge < -0.3 is 0 Å². The summed E-state index contributed by atoms with van der Waals surface area (Å²) in [5, 5.41) is 0. The number of unbranched alkanes of at least 4 members (excludes halogenated alkanes) is 1. The largest absolute Gasteiger partial charge is 0.294 e. The van der Waals surface area contributed by atoms with Crippen molar-refractivity contribution in [2.75, 3.05) is 0 Å². The van der Waals surface area contributed by atoms with Crippen LogP contribution >= 0.6 is 0 Å². The molecule has 0 amide bonds. The van der Waals surface area contributed by atoms with E-state index in [1.165, 1.54) is 12.1 Å². The number of hydrogen-bond donors (Lipinski definition) is 0. The van der Waals surface area contributed by atoms with E-state index in [1.54, 1.807) is 0 Å². The molecule has 2 rings (SSSR count). The standard InChI is InChI=1S/C15H16F2O/c1-2-3-4-10-5-8-14(18)15(10)12-7-6-11(16)9-13(12)17/h6-7,9H,2-5,8H2,1H3. The minimum Gasteiger partial charge on any atom is -0.294 e.